The highest BCUT2D eigenvalue weighted by Gasteiger charge is 2.07. The smallest absolute Gasteiger partial charge is 0.0705 e. The highest BCUT2D eigenvalue weighted by atomic mass is 14.9. The molecule has 2 rings (SSSR count). The van der Waals surface area contributed by atoms with Crippen LogP contribution < -0.4 is 5.32 Å². The third kappa shape index (κ3) is 3.08. The summed E-state index contributed by atoms with van der Waals surface area (Å²) in [7, 11) is 0. The summed E-state index contributed by atoms with van der Waals surface area (Å²) in [6.45, 7) is 7.65. The Morgan fingerprint density at radius 1 is 1.28 bits per heavy atom. The van der Waals surface area contributed by atoms with Gasteiger partial charge in [0.25, 0.3) is 0 Å². The first-order valence-corrected chi connectivity index (χ1v) is 6.79. The number of nitrogens with one attached hydrogen (secondary N) is 1. The Labute approximate surface area is 109 Å². The molecule has 0 spiro atoms. The van der Waals surface area contributed by atoms with Crippen molar-refractivity contribution in [1.82, 2.24) is 10.3 Å². The molecule has 96 valence electrons. The van der Waals surface area contributed by atoms with Gasteiger partial charge >= 0.3 is 0 Å². The second kappa shape index (κ2) is 5.96. The molecule has 0 bridgehead atoms. The normalized spacial score (nSPS) is 12.8. The zero-order chi connectivity index (χ0) is 13.0. The van der Waals surface area contributed by atoms with Crippen LogP contribution in [0.2, 0.25) is 0 Å². The zero-order valence-electron chi connectivity index (χ0n) is 11.5. The van der Waals surface area contributed by atoms with E-state index in [1.54, 1.807) is 0 Å². The van der Waals surface area contributed by atoms with E-state index in [9.17, 15) is 0 Å². The predicted molar refractivity (Wildman–Crippen MR) is 77.9 cm³/mol. The van der Waals surface area contributed by atoms with Crippen LogP contribution in [-0.2, 0) is 6.42 Å². The van der Waals surface area contributed by atoms with Gasteiger partial charge in [0.1, 0.15) is 0 Å². The van der Waals surface area contributed by atoms with Crippen molar-refractivity contribution in [2.45, 2.75) is 39.7 Å². The first-order valence-electron chi connectivity index (χ1n) is 6.79. The lowest BCUT2D eigenvalue weighted by Crippen LogP contribution is -2.29. The largest absolute Gasteiger partial charge is 0.314 e. The number of rotatable bonds is 5. The molecule has 18 heavy (non-hydrogen) atoms. The number of fused-ring (bicyclic) bond motifs is 1. The van der Waals surface area contributed by atoms with Gasteiger partial charge in [0.2, 0.25) is 0 Å². The molecule has 1 atom stereocenters. The van der Waals surface area contributed by atoms with Gasteiger partial charge in [-0.25, -0.2) is 0 Å². The fourth-order valence-electron chi connectivity index (χ4n) is 2.22. The van der Waals surface area contributed by atoms with E-state index in [4.69, 9.17) is 4.98 Å². The summed E-state index contributed by atoms with van der Waals surface area (Å²) in [4.78, 5) is 4.78. The molecule has 1 aromatic heterocycles. The Kier molecular flexibility index (Phi) is 4.32. The number of benzene rings is 1. The fourth-order valence-corrected chi connectivity index (χ4v) is 2.22. The molecule has 0 saturated heterocycles. The third-order valence-corrected chi connectivity index (χ3v) is 3.26. The third-order valence-electron chi connectivity index (χ3n) is 3.26. The molecule has 2 heteroatoms. The summed E-state index contributed by atoms with van der Waals surface area (Å²) in [5.41, 5.74) is 3.60. The predicted octanol–water partition coefficient (Wildman–Crippen LogP) is 3.47. The van der Waals surface area contributed by atoms with Crippen LogP contribution in [0.3, 0.4) is 0 Å². The summed E-state index contributed by atoms with van der Waals surface area (Å²) in [6, 6.07) is 11.0. The van der Waals surface area contributed by atoms with Crippen molar-refractivity contribution >= 4 is 10.9 Å². The summed E-state index contributed by atoms with van der Waals surface area (Å²) >= 11 is 0. The first kappa shape index (κ1) is 13.0. The molecular weight excluding hydrogens is 220 g/mol. The Morgan fingerprint density at radius 3 is 2.83 bits per heavy atom. The minimum atomic E-state index is 0.484. The van der Waals surface area contributed by atoms with Crippen molar-refractivity contribution in [1.29, 1.82) is 0 Å². The molecule has 1 aromatic carbocycles. The SMILES string of the molecule is CCCNC(C)Cc1nc2ccccc2cc1C. The Morgan fingerprint density at radius 2 is 2.06 bits per heavy atom. The van der Waals surface area contributed by atoms with Crippen LogP contribution in [0.5, 0.6) is 0 Å². The molecular formula is C16H22N2. The van der Waals surface area contributed by atoms with Crippen molar-refractivity contribution in [3.63, 3.8) is 0 Å². The van der Waals surface area contributed by atoms with E-state index < -0.39 is 0 Å². The van der Waals surface area contributed by atoms with Crippen molar-refractivity contribution in [3.05, 3.63) is 41.6 Å². The van der Waals surface area contributed by atoms with E-state index in [2.05, 4.69) is 50.4 Å². The number of nitrogens with zero attached hydrogens (tertiary/aromatic N) is 1. The van der Waals surface area contributed by atoms with Gasteiger partial charge in [-0.2, -0.15) is 0 Å². The lowest BCUT2D eigenvalue weighted by atomic mass is 10.1. The van der Waals surface area contributed by atoms with Crippen molar-refractivity contribution in [2.24, 2.45) is 0 Å². The van der Waals surface area contributed by atoms with Gasteiger partial charge in [-0.3, -0.25) is 4.98 Å². The van der Waals surface area contributed by atoms with Gasteiger partial charge in [-0.05, 0) is 44.5 Å². The van der Waals surface area contributed by atoms with Crippen LogP contribution >= 0.6 is 0 Å². The molecule has 2 nitrogen and oxygen atoms in total. The highest BCUT2D eigenvalue weighted by Crippen LogP contribution is 2.17. The summed E-state index contributed by atoms with van der Waals surface area (Å²) in [6.07, 6.45) is 2.17. The lowest BCUT2D eigenvalue weighted by Gasteiger charge is -2.14. The molecule has 0 fully saturated rings. The van der Waals surface area contributed by atoms with Gasteiger partial charge in [-0.15, -0.1) is 0 Å². The standard InChI is InChI=1S/C16H22N2/c1-4-9-17-13(3)11-16-12(2)10-14-7-5-6-8-15(14)18-16/h5-8,10,13,17H,4,9,11H2,1-3H3. The van der Waals surface area contributed by atoms with E-state index in [0.717, 1.165) is 18.5 Å². The average Bonchev–Trinajstić information content (AvgIpc) is 2.37. The maximum absolute atomic E-state index is 4.78. The maximum Gasteiger partial charge on any atom is 0.0705 e. The summed E-state index contributed by atoms with van der Waals surface area (Å²) in [5.74, 6) is 0. The van der Waals surface area contributed by atoms with Crippen LogP contribution in [0.25, 0.3) is 10.9 Å². The monoisotopic (exact) mass is 242 g/mol. The molecule has 0 aliphatic heterocycles. The molecule has 0 saturated carbocycles. The van der Waals surface area contributed by atoms with Gasteiger partial charge in [0, 0.05) is 23.5 Å². The molecule has 0 amide bonds. The molecule has 0 aliphatic carbocycles. The van der Waals surface area contributed by atoms with Crippen LogP contribution in [0.4, 0.5) is 0 Å². The Balaban J connectivity index is 2.19. The number of aryl methyl sites for hydroxylation is 1. The minimum Gasteiger partial charge on any atom is -0.314 e. The van der Waals surface area contributed by atoms with E-state index in [1.165, 1.54) is 23.1 Å². The summed E-state index contributed by atoms with van der Waals surface area (Å²) in [5, 5.41) is 4.75. The Hall–Kier alpha value is -1.41. The fraction of sp³-hybridized carbons (Fsp3) is 0.438. The highest BCUT2D eigenvalue weighted by molar-refractivity contribution is 5.79. The van der Waals surface area contributed by atoms with Crippen LogP contribution in [0.15, 0.2) is 30.3 Å². The topological polar surface area (TPSA) is 24.9 Å². The number of hydrogen-bond donors (Lipinski definition) is 1. The van der Waals surface area contributed by atoms with E-state index in [1.807, 2.05) is 6.07 Å². The number of aromatic nitrogens is 1. The number of pyridine rings is 1. The minimum absolute atomic E-state index is 0.484. The van der Waals surface area contributed by atoms with Crippen LogP contribution in [0, 0.1) is 6.92 Å². The van der Waals surface area contributed by atoms with Gasteiger partial charge in [-0.1, -0.05) is 25.1 Å². The molecule has 0 aliphatic rings. The quantitative estimate of drug-likeness (QED) is 0.868. The van der Waals surface area contributed by atoms with E-state index in [0.29, 0.717) is 6.04 Å². The maximum atomic E-state index is 4.78. The molecule has 1 heterocycles. The van der Waals surface area contributed by atoms with Gasteiger partial charge < -0.3 is 5.32 Å². The van der Waals surface area contributed by atoms with Crippen LogP contribution in [-0.4, -0.2) is 17.6 Å². The second-order valence-electron chi connectivity index (χ2n) is 5.00. The summed E-state index contributed by atoms with van der Waals surface area (Å²) < 4.78 is 0. The molecule has 2 aromatic rings. The average molecular weight is 242 g/mol. The molecule has 1 N–H and O–H groups in total. The van der Waals surface area contributed by atoms with Crippen molar-refractivity contribution in [2.75, 3.05) is 6.54 Å². The van der Waals surface area contributed by atoms with Gasteiger partial charge in [0.05, 0.1) is 5.52 Å². The van der Waals surface area contributed by atoms with Crippen molar-refractivity contribution in [3.8, 4) is 0 Å². The van der Waals surface area contributed by atoms with E-state index >= 15 is 0 Å². The van der Waals surface area contributed by atoms with Crippen molar-refractivity contribution < 1.29 is 0 Å². The zero-order valence-corrected chi connectivity index (χ0v) is 11.5. The number of para-hydroxylation sites is 1. The molecule has 0 radical (unpaired) electrons. The first-order chi connectivity index (χ1) is 8.70. The van der Waals surface area contributed by atoms with E-state index in [-0.39, 0.29) is 0 Å². The number of hydrogen-bond acceptors (Lipinski definition) is 2. The molecule has 1 unspecified atom stereocenters. The van der Waals surface area contributed by atoms with Crippen LogP contribution in [0.1, 0.15) is 31.5 Å². The lowest BCUT2D eigenvalue weighted by molar-refractivity contribution is 0.538. The Bertz CT molecular complexity index is 519. The van der Waals surface area contributed by atoms with Gasteiger partial charge in [0.15, 0.2) is 0 Å². The second-order valence-corrected chi connectivity index (χ2v) is 5.00.